The van der Waals surface area contributed by atoms with Crippen molar-refractivity contribution in [2.75, 3.05) is 26.7 Å². The minimum Gasteiger partial charge on any atom is -0.395 e. The highest BCUT2D eigenvalue weighted by atomic mass is 16.3. The summed E-state index contributed by atoms with van der Waals surface area (Å²) < 4.78 is 2.26. The van der Waals surface area contributed by atoms with Gasteiger partial charge in [0.05, 0.1) is 23.7 Å². The Morgan fingerprint density at radius 3 is 2.86 bits per heavy atom. The summed E-state index contributed by atoms with van der Waals surface area (Å²) in [5.41, 5.74) is 9.08. The molecule has 0 saturated heterocycles. The van der Waals surface area contributed by atoms with E-state index in [-0.39, 0.29) is 12.6 Å². The second-order valence-electron chi connectivity index (χ2n) is 5.64. The standard InChI is InChI=1S/C16H26N4O/c1-12-5-6-15-14(11-12)18-16(20(15)8-4-7-17)13(2)19(3)9-10-21/h5-6,11,13,21H,4,7-10,17H2,1-3H3. The van der Waals surface area contributed by atoms with Crippen molar-refractivity contribution in [3.05, 3.63) is 29.6 Å². The van der Waals surface area contributed by atoms with Gasteiger partial charge < -0.3 is 15.4 Å². The fourth-order valence-corrected chi connectivity index (χ4v) is 2.61. The van der Waals surface area contributed by atoms with Gasteiger partial charge in [-0.25, -0.2) is 4.98 Å². The van der Waals surface area contributed by atoms with Gasteiger partial charge in [0, 0.05) is 13.1 Å². The molecule has 0 radical (unpaired) electrons. The lowest BCUT2D eigenvalue weighted by Crippen LogP contribution is -2.28. The summed E-state index contributed by atoms with van der Waals surface area (Å²) in [5, 5.41) is 9.13. The highest BCUT2D eigenvalue weighted by molar-refractivity contribution is 5.77. The molecule has 2 aromatic rings. The second-order valence-corrected chi connectivity index (χ2v) is 5.64. The maximum absolute atomic E-state index is 9.13. The minimum atomic E-state index is 0.155. The average Bonchev–Trinajstić information content (AvgIpc) is 2.82. The van der Waals surface area contributed by atoms with Crippen LogP contribution in [0.15, 0.2) is 18.2 Å². The Kier molecular flexibility index (Phi) is 5.33. The van der Waals surface area contributed by atoms with Crippen molar-refractivity contribution >= 4 is 11.0 Å². The molecule has 21 heavy (non-hydrogen) atoms. The average molecular weight is 290 g/mol. The van der Waals surface area contributed by atoms with Gasteiger partial charge >= 0.3 is 0 Å². The van der Waals surface area contributed by atoms with E-state index in [1.54, 1.807) is 0 Å². The number of nitrogens with two attached hydrogens (primary N) is 1. The molecule has 5 nitrogen and oxygen atoms in total. The molecule has 116 valence electrons. The van der Waals surface area contributed by atoms with Crippen LogP contribution in [0, 0.1) is 6.92 Å². The number of fused-ring (bicyclic) bond motifs is 1. The van der Waals surface area contributed by atoms with E-state index in [4.69, 9.17) is 15.8 Å². The number of benzene rings is 1. The number of rotatable bonds is 7. The number of aliphatic hydroxyl groups excluding tert-OH is 1. The number of hydrogen-bond donors (Lipinski definition) is 2. The number of imidazole rings is 1. The first-order chi connectivity index (χ1) is 10.1. The lowest BCUT2D eigenvalue weighted by molar-refractivity contribution is 0.182. The van der Waals surface area contributed by atoms with Crippen LogP contribution in [-0.4, -0.2) is 46.3 Å². The molecule has 0 saturated carbocycles. The van der Waals surface area contributed by atoms with Gasteiger partial charge in [-0.05, 0) is 51.6 Å². The summed E-state index contributed by atoms with van der Waals surface area (Å²) in [6.45, 7) is 6.56. The first-order valence-corrected chi connectivity index (χ1v) is 7.56. The van der Waals surface area contributed by atoms with E-state index in [2.05, 4.69) is 41.5 Å². The molecule has 2 rings (SSSR count). The van der Waals surface area contributed by atoms with Crippen LogP contribution < -0.4 is 5.73 Å². The van der Waals surface area contributed by atoms with Gasteiger partial charge in [-0.15, -0.1) is 0 Å². The molecule has 1 unspecified atom stereocenters. The van der Waals surface area contributed by atoms with Crippen LogP contribution in [0.2, 0.25) is 0 Å². The zero-order chi connectivity index (χ0) is 15.4. The molecule has 0 amide bonds. The zero-order valence-corrected chi connectivity index (χ0v) is 13.2. The predicted octanol–water partition coefficient (Wildman–Crippen LogP) is 1.68. The normalized spacial score (nSPS) is 13.2. The van der Waals surface area contributed by atoms with Gasteiger partial charge in [0.2, 0.25) is 0 Å². The molecule has 3 N–H and O–H groups in total. The number of aliphatic hydroxyl groups is 1. The van der Waals surface area contributed by atoms with Gasteiger partial charge in [-0.1, -0.05) is 6.07 Å². The summed E-state index contributed by atoms with van der Waals surface area (Å²) in [5.74, 6) is 1.04. The number of aromatic nitrogens is 2. The Bertz CT molecular complexity index is 593. The number of aryl methyl sites for hydroxylation is 2. The fourth-order valence-electron chi connectivity index (χ4n) is 2.61. The Morgan fingerprint density at radius 1 is 1.43 bits per heavy atom. The molecule has 0 aliphatic rings. The Balaban J connectivity index is 2.44. The predicted molar refractivity (Wildman–Crippen MR) is 86.3 cm³/mol. The van der Waals surface area contributed by atoms with Crippen LogP contribution in [-0.2, 0) is 6.54 Å². The zero-order valence-electron chi connectivity index (χ0n) is 13.2. The largest absolute Gasteiger partial charge is 0.395 e. The maximum atomic E-state index is 9.13. The molecule has 0 fully saturated rings. The van der Waals surface area contributed by atoms with Crippen molar-refractivity contribution < 1.29 is 5.11 Å². The molecule has 0 aliphatic heterocycles. The third kappa shape index (κ3) is 3.43. The third-order valence-electron chi connectivity index (χ3n) is 4.01. The highest BCUT2D eigenvalue weighted by Gasteiger charge is 2.19. The first kappa shape index (κ1) is 15.9. The van der Waals surface area contributed by atoms with Crippen molar-refractivity contribution in [3.8, 4) is 0 Å². The highest BCUT2D eigenvalue weighted by Crippen LogP contribution is 2.25. The molecule has 5 heteroatoms. The summed E-state index contributed by atoms with van der Waals surface area (Å²) in [4.78, 5) is 6.95. The van der Waals surface area contributed by atoms with E-state index < -0.39 is 0 Å². The summed E-state index contributed by atoms with van der Waals surface area (Å²) >= 11 is 0. The van der Waals surface area contributed by atoms with Crippen LogP contribution in [0.25, 0.3) is 11.0 Å². The van der Waals surface area contributed by atoms with Crippen LogP contribution in [0.1, 0.15) is 30.8 Å². The lowest BCUT2D eigenvalue weighted by Gasteiger charge is -2.24. The van der Waals surface area contributed by atoms with E-state index in [0.29, 0.717) is 13.1 Å². The number of likely N-dealkylation sites (N-methyl/N-ethyl adjacent to an activating group) is 1. The summed E-state index contributed by atoms with van der Waals surface area (Å²) in [6, 6.07) is 6.53. The van der Waals surface area contributed by atoms with Gasteiger partial charge in [-0.3, -0.25) is 4.90 Å². The van der Waals surface area contributed by atoms with Crippen LogP contribution in [0.5, 0.6) is 0 Å². The molecule has 1 atom stereocenters. The Hall–Kier alpha value is -1.43. The summed E-state index contributed by atoms with van der Waals surface area (Å²) in [6.07, 6.45) is 0.933. The van der Waals surface area contributed by atoms with Gasteiger partial charge in [0.1, 0.15) is 5.82 Å². The third-order valence-corrected chi connectivity index (χ3v) is 4.01. The molecule has 0 spiro atoms. The van der Waals surface area contributed by atoms with Gasteiger partial charge in [0.15, 0.2) is 0 Å². The van der Waals surface area contributed by atoms with E-state index in [1.165, 1.54) is 5.56 Å². The SMILES string of the molecule is Cc1ccc2c(c1)nc(C(C)N(C)CCO)n2CCCN. The molecule has 1 heterocycles. The fraction of sp³-hybridized carbons (Fsp3) is 0.562. The van der Waals surface area contributed by atoms with E-state index >= 15 is 0 Å². The van der Waals surface area contributed by atoms with E-state index in [1.807, 2.05) is 7.05 Å². The summed E-state index contributed by atoms with van der Waals surface area (Å²) in [7, 11) is 2.01. The van der Waals surface area contributed by atoms with Crippen LogP contribution >= 0.6 is 0 Å². The Morgan fingerprint density at radius 2 is 2.19 bits per heavy atom. The topological polar surface area (TPSA) is 67.3 Å². The van der Waals surface area contributed by atoms with Crippen molar-refractivity contribution in [1.82, 2.24) is 14.5 Å². The Labute approximate surface area is 126 Å². The van der Waals surface area contributed by atoms with Crippen molar-refractivity contribution in [2.24, 2.45) is 5.73 Å². The number of nitrogens with zero attached hydrogens (tertiary/aromatic N) is 3. The van der Waals surface area contributed by atoms with Crippen molar-refractivity contribution in [1.29, 1.82) is 0 Å². The quantitative estimate of drug-likeness (QED) is 0.814. The van der Waals surface area contributed by atoms with Gasteiger partial charge in [-0.2, -0.15) is 0 Å². The molecular weight excluding hydrogens is 264 g/mol. The van der Waals surface area contributed by atoms with Crippen LogP contribution in [0.4, 0.5) is 0 Å². The second kappa shape index (κ2) is 7.02. The maximum Gasteiger partial charge on any atom is 0.127 e. The van der Waals surface area contributed by atoms with Gasteiger partial charge in [0.25, 0.3) is 0 Å². The minimum absolute atomic E-state index is 0.155. The molecular formula is C16H26N4O. The number of hydrogen-bond acceptors (Lipinski definition) is 4. The monoisotopic (exact) mass is 290 g/mol. The smallest absolute Gasteiger partial charge is 0.127 e. The van der Waals surface area contributed by atoms with E-state index in [9.17, 15) is 0 Å². The van der Waals surface area contributed by atoms with E-state index in [0.717, 1.165) is 29.8 Å². The molecule has 1 aromatic carbocycles. The lowest BCUT2D eigenvalue weighted by atomic mass is 10.2. The van der Waals surface area contributed by atoms with Crippen molar-refractivity contribution in [2.45, 2.75) is 32.9 Å². The molecule has 0 aliphatic carbocycles. The van der Waals surface area contributed by atoms with Crippen molar-refractivity contribution in [3.63, 3.8) is 0 Å². The van der Waals surface area contributed by atoms with Crippen LogP contribution in [0.3, 0.4) is 0 Å². The first-order valence-electron chi connectivity index (χ1n) is 7.56. The molecule has 1 aromatic heterocycles. The molecule has 0 bridgehead atoms.